The SMILES string of the molecule is OCc1cccc(Oc2ccc3cc(C(F)(F)F)ccc3n2)c1. The molecule has 0 aliphatic rings. The molecule has 1 aromatic heterocycles. The van der Waals surface area contributed by atoms with Gasteiger partial charge >= 0.3 is 6.18 Å². The number of pyridine rings is 1. The fourth-order valence-electron chi connectivity index (χ4n) is 2.17. The lowest BCUT2D eigenvalue weighted by Gasteiger charge is -2.09. The molecule has 3 rings (SSSR count). The van der Waals surface area contributed by atoms with Crippen LogP contribution in [0.1, 0.15) is 11.1 Å². The number of rotatable bonds is 3. The Morgan fingerprint density at radius 2 is 1.83 bits per heavy atom. The van der Waals surface area contributed by atoms with Crippen LogP contribution in [-0.4, -0.2) is 10.1 Å². The summed E-state index contributed by atoms with van der Waals surface area (Å²) in [6.07, 6.45) is -4.38. The number of nitrogens with zero attached hydrogens (tertiary/aromatic N) is 1. The van der Waals surface area contributed by atoms with E-state index in [1.165, 1.54) is 18.2 Å². The third kappa shape index (κ3) is 3.43. The lowest BCUT2D eigenvalue weighted by atomic mass is 10.1. The lowest BCUT2D eigenvalue weighted by Crippen LogP contribution is -2.04. The molecule has 0 atom stereocenters. The third-order valence-electron chi connectivity index (χ3n) is 3.29. The van der Waals surface area contributed by atoms with E-state index >= 15 is 0 Å². The maximum Gasteiger partial charge on any atom is 0.416 e. The van der Waals surface area contributed by atoms with Crippen LogP contribution in [0.5, 0.6) is 11.6 Å². The molecule has 0 aliphatic carbocycles. The minimum absolute atomic E-state index is 0.109. The number of aromatic nitrogens is 1. The average Bonchev–Trinajstić information content (AvgIpc) is 2.53. The summed E-state index contributed by atoms with van der Waals surface area (Å²) in [5.74, 6) is 0.766. The summed E-state index contributed by atoms with van der Waals surface area (Å²) in [4.78, 5) is 4.20. The summed E-state index contributed by atoms with van der Waals surface area (Å²) in [7, 11) is 0. The Hall–Kier alpha value is -2.60. The Morgan fingerprint density at radius 1 is 1.00 bits per heavy atom. The van der Waals surface area contributed by atoms with Crippen LogP contribution in [0.2, 0.25) is 0 Å². The van der Waals surface area contributed by atoms with Crippen molar-refractivity contribution in [3.05, 3.63) is 65.7 Å². The van der Waals surface area contributed by atoms with E-state index in [1.54, 1.807) is 24.3 Å². The molecule has 0 spiro atoms. The molecule has 0 fully saturated rings. The zero-order valence-corrected chi connectivity index (χ0v) is 11.8. The predicted octanol–water partition coefficient (Wildman–Crippen LogP) is 4.54. The minimum Gasteiger partial charge on any atom is -0.439 e. The van der Waals surface area contributed by atoms with E-state index in [2.05, 4.69) is 4.98 Å². The highest BCUT2D eigenvalue weighted by Crippen LogP contribution is 2.32. The van der Waals surface area contributed by atoms with Gasteiger partial charge < -0.3 is 9.84 Å². The fourth-order valence-corrected chi connectivity index (χ4v) is 2.17. The van der Waals surface area contributed by atoms with Crippen LogP contribution in [0.25, 0.3) is 10.9 Å². The smallest absolute Gasteiger partial charge is 0.416 e. The van der Waals surface area contributed by atoms with Crippen molar-refractivity contribution < 1.29 is 23.0 Å². The van der Waals surface area contributed by atoms with Crippen molar-refractivity contribution in [1.29, 1.82) is 0 Å². The summed E-state index contributed by atoms with van der Waals surface area (Å²) >= 11 is 0. The van der Waals surface area contributed by atoms with Crippen molar-refractivity contribution in [3.63, 3.8) is 0 Å². The highest BCUT2D eigenvalue weighted by molar-refractivity contribution is 5.80. The van der Waals surface area contributed by atoms with Gasteiger partial charge in [0.2, 0.25) is 5.88 Å². The molecule has 0 unspecified atom stereocenters. The second kappa shape index (κ2) is 5.89. The van der Waals surface area contributed by atoms with Gasteiger partial charge in [0.05, 0.1) is 17.7 Å². The first-order valence-electron chi connectivity index (χ1n) is 6.81. The van der Waals surface area contributed by atoms with Gasteiger partial charge in [0.15, 0.2) is 0 Å². The molecule has 118 valence electrons. The van der Waals surface area contributed by atoms with Crippen molar-refractivity contribution in [2.45, 2.75) is 12.8 Å². The summed E-state index contributed by atoms with van der Waals surface area (Å²) in [5.41, 5.74) is 0.392. The van der Waals surface area contributed by atoms with Gasteiger partial charge in [-0.1, -0.05) is 12.1 Å². The molecular formula is C17H12F3NO2. The molecule has 1 N–H and O–H groups in total. The second-order valence-electron chi connectivity index (χ2n) is 4.96. The van der Waals surface area contributed by atoms with E-state index in [1.807, 2.05) is 0 Å². The first-order valence-corrected chi connectivity index (χ1v) is 6.81. The molecule has 1 heterocycles. The highest BCUT2D eigenvalue weighted by Gasteiger charge is 2.30. The normalized spacial score (nSPS) is 11.7. The van der Waals surface area contributed by atoms with Crippen molar-refractivity contribution in [3.8, 4) is 11.6 Å². The average molecular weight is 319 g/mol. The van der Waals surface area contributed by atoms with Crippen LogP contribution in [0.3, 0.4) is 0 Å². The molecule has 3 nitrogen and oxygen atoms in total. The Morgan fingerprint density at radius 3 is 2.57 bits per heavy atom. The number of aliphatic hydroxyl groups is 1. The summed E-state index contributed by atoms with van der Waals surface area (Å²) in [6.45, 7) is -0.109. The van der Waals surface area contributed by atoms with Gasteiger partial charge in [0.1, 0.15) is 5.75 Å². The molecule has 3 aromatic rings. The fraction of sp³-hybridized carbons (Fsp3) is 0.118. The molecule has 0 saturated heterocycles. The molecular weight excluding hydrogens is 307 g/mol. The van der Waals surface area contributed by atoms with E-state index in [0.717, 1.165) is 12.1 Å². The van der Waals surface area contributed by atoms with Crippen LogP contribution < -0.4 is 4.74 Å². The van der Waals surface area contributed by atoms with Crippen LogP contribution in [0.4, 0.5) is 13.2 Å². The van der Waals surface area contributed by atoms with Crippen molar-refractivity contribution >= 4 is 10.9 Å². The van der Waals surface area contributed by atoms with E-state index in [0.29, 0.717) is 22.2 Å². The molecule has 0 aliphatic heterocycles. The van der Waals surface area contributed by atoms with E-state index in [4.69, 9.17) is 9.84 Å². The summed E-state index contributed by atoms with van der Waals surface area (Å²) in [5, 5.41) is 9.48. The van der Waals surface area contributed by atoms with Gasteiger partial charge in [-0.15, -0.1) is 0 Å². The number of fused-ring (bicyclic) bond motifs is 1. The number of hydrogen-bond donors (Lipinski definition) is 1. The van der Waals surface area contributed by atoms with E-state index < -0.39 is 11.7 Å². The van der Waals surface area contributed by atoms with Crippen LogP contribution in [0.15, 0.2) is 54.6 Å². The van der Waals surface area contributed by atoms with Gasteiger partial charge in [-0.3, -0.25) is 0 Å². The Labute approximate surface area is 130 Å². The maximum atomic E-state index is 12.7. The Bertz CT molecular complexity index is 847. The van der Waals surface area contributed by atoms with Crippen LogP contribution in [-0.2, 0) is 12.8 Å². The maximum absolute atomic E-state index is 12.7. The molecule has 23 heavy (non-hydrogen) atoms. The topological polar surface area (TPSA) is 42.4 Å². The molecule has 0 amide bonds. The minimum atomic E-state index is -4.38. The van der Waals surface area contributed by atoms with Crippen LogP contribution >= 0.6 is 0 Å². The van der Waals surface area contributed by atoms with Crippen LogP contribution in [0, 0.1) is 0 Å². The van der Waals surface area contributed by atoms with Crippen molar-refractivity contribution in [1.82, 2.24) is 4.98 Å². The van der Waals surface area contributed by atoms with Crippen molar-refractivity contribution in [2.75, 3.05) is 0 Å². The summed E-state index contributed by atoms with van der Waals surface area (Å²) < 4.78 is 43.6. The largest absolute Gasteiger partial charge is 0.439 e. The highest BCUT2D eigenvalue weighted by atomic mass is 19.4. The number of benzene rings is 2. The third-order valence-corrected chi connectivity index (χ3v) is 3.29. The predicted molar refractivity (Wildman–Crippen MR) is 79.2 cm³/mol. The van der Waals surface area contributed by atoms with Gasteiger partial charge in [-0.05, 0) is 42.0 Å². The molecule has 0 saturated carbocycles. The summed E-state index contributed by atoms with van der Waals surface area (Å²) in [6, 6.07) is 13.3. The number of ether oxygens (including phenoxy) is 1. The number of alkyl halides is 3. The second-order valence-corrected chi connectivity index (χ2v) is 4.96. The molecule has 0 radical (unpaired) electrons. The van der Waals surface area contributed by atoms with Gasteiger partial charge in [-0.2, -0.15) is 13.2 Å². The Kier molecular flexibility index (Phi) is 3.92. The van der Waals surface area contributed by atoms with Gasteiger partial charge in [0, 0.05) is 11.5 Å². The first-order chi connectivity index (χ1) is 11.0. The lowest BCUT2D eigenvalue weighted by molar-refractivity contribution is -0.137. The zero-order chi connectivity index (χ0) is 16.4. The Balaban J connectivity index is 1.91. The standard InChI is InChI=1S/C17H12F3NO2/c18-17(19,20)13-5-6-15-12(9-13)4-7-16(21-15)23-14-3-1-2-11(8-14)10-22/h1-9,22H,10H2. The zero-order valence-electron chi connectivity index (χ0n) is 11.8. The monoisotopic (exact) mass is 319 g/mol. The molecule has 2 aromatic carbocycles. The van der Waals surface area contributed by atoms with Crippen molar-refractivity contribution in [2.24, 2.45) is 0 Å². The number of halogens is 3. The van der Waals surface area contributed by atoms with Gasteiger partial charge in [0.25, 0.3) is 0 Å². The van der Waals surface area contributed by atoms with Gasteiger partial charge in [-0.25, -0.2) is 4.98 Å². The van der Waals surface area contributed by atoms with E-state index in [9.17, 15) is 13.2 Å². The quantitative estimate of drug-likeness (QED) is 0.771. The number of hydrogen-bond acceptors (Lipinski definition) is 3. The molecule has 6 heteroatoms. The first kappa shape index (κ1) is 15.3. The number of aliphatic hydroxyl groups excluding tert-OH is 1. The van der Waals surface area contributed by atoms with E-state index in [-0.39, 0.29) is 12.5 Å². The molecule has 0 bridgehead atoms.